The van der Waals surface area contributed by atoms with Crippen LogP contribution in [0.2, 0.25) is 0 Å². The van der Waals surface area contributed by atoms with Crippen LogP contribution < -0.4 is 0 Å². The van der Waals surface area contributed by atoms with E-state index in [9.17, 15) is 10.1 Å². The molecular weight excluding hydrogens is 402 g/mol. The summed E-state index contributed by atoms with van der Waals surface area (Å²) in [6, 6.07) is 6.37. The van der Waals surface area contributed by atoms with Crippen LogP contribution in [0.3, 0.4) is 0 Å². The highest BCUT2D eigenvalue weighted by Crippen LogP contribution is 2.30. The predicted octanol–water partition coefficient (Wildman–Crippen LogP) is 4.74. The lowest BCUT2D eigenvalue weighted by atomic mass is 10.1. The lowest BCUT2D eigenvalue weighted by Crippen LogP contribution is -1.88. The van der Waals surface area contributed by atoms with Gasteiger partial charge in [-0.15, -0.1) is 0 Å². The van der Waals surface area contributed by atoms with E-state index in [4.69, 9.17) is 0 Å². The second kappa shape index (κ2) is 5.23. The lowest BCUT2D eigenvalue weighted by Gasteiger charge is -2.03. The highest BCUT2D eigenvalue weighted by atomic mass is 79.9. The van der Waals surface area contributed by atoms with E-state index >= 15 is 0 Å². The van der Waals surface area contributed by atoms with Gasteiger partial charge in [0.2, 0.25) is 0 Å². The molecule has 3 rings (SSSR count). The fourth-order valence-corrected chi connectivity index (χ4v) is 3.23. The number of hydrogen-bond acceptors (Lipinski definition) is 3. The molecule has 106 valence electrons. The molecule has 7 heteroatoms. The Labute approximate surface area is 137 Å². The van der Waals surface area contributed by atoms with Crippen molar-refractivity contribution in [1.29, 1.82) is 0 Å². The van der Waals surface area contributed by atoms with Crippen molar-refractivity contribution in [2.24, 2.45) is 0 Å². The molecule has 5 nitrogen and oxygen atoms in total. The van der Waals surface area contributed by atoms with Crippen LogP contribution in [0, 0.1) is 17.0 Å². The molecule has 0 aliphatic rings. The summed E-state index contributed by atoms with van der Waals surface area (Å²) in [5.74, 6) is 0. The average Bonchev–Trinajstić information content (AvgIpc) is 2.89. The zero-order valence-corrected chi connectivity index (χ0v) is 14.1. The SMILES string of the molecule is Cc1c(Br)cn2cc(-c3ccc([N+](=O)[O-])cc3)nc2c1Br. The van der Waals surface area contributed by atoms with Crippen molar-refractivity contribution >= 4 is 43.2 Å². The van der Waals surface area contributed by atoms with Gasteiger partial charge >= 0.3 is 0 Å². The van der Waals surface area contributed by atoms with Crippen molar-refractivity contribution in [3.05, 3.63) is 61.3 Å². The summed E-state index contributed by atoms with van der Waals surface area (Å²) in [5.41, 5.74) is 3.56. The van der Waals surface area contributed by atoms with Gasteiger partial charge in [-0.2, -0.15) is 0 Å². The normalized spacial score (nSPS) is 11.0. The second-order valence-corrected chi connectivity index (χ2v) is 6.22. The minimum atomic E-state index is -0.412. The molecular formula is C14H9Br2N3O2. The van der Waals surface area contributed by atoms with Crippen molar-refractivity contribution in [1.82, 2.24) is 9.38 Å². The maximum Gasteiger partial charge on any atom is 0.269 e. The van der Waals surface area contributed by atoms with E-state index in [1.54, 1.807) is 12.1 Å². The molecule has 0 aliphatic heterocycles. The summed E-state index contributed by atoms with van der Waals surface area (Å²) in [6.07, 6.45) is 3.84. The Kier molecular flexibility index (Phi) is 3.54. The predicted molar refractivity (Wildman–Crippen MR) is 87.4 cm³/mol. The van der Waals surface area contributed by atoms with Gasteiger partial charge in [0, 0.05) is 34.6 Å². The maximum absolute atomic E-state index is 10.7. The third kappa shape index (κ3) is 2.47. The number of non-ortho nitro benzene ring substituents is 1. The Morgan fingerprint density at radius 1 is 1.19 bits per heavy atom. The van der Waals surface area contributed by atoms with E-state index in [2.05, 4.69) is 36.8 Å². The van der Waals surface area contributed by atoms with Crippen LogP contribution in [-0.2, 0) is 0 Å². The Bertz CT molecular complexity index is 857. The molecule has 0 spiro atoms. The number of nitro groups is 1. The summed E-state index contributed by atoms with van der Waals surface area (Å²) < 4.78 is 3.82. The van der Waals surface area contributed by atoms with E-state index in [1.165, 1.54) is 12.1 Å². The molecule has 0 amide bonds. The van der Waals surface area contributed by atoms with Crippen LogP contribution in [0.25, 0.3) is 16.9 Å². The Balaban J connectivity index is 2.13. The number of pyridine rings is 1. The Morgan fingerprint density at radius 3 is 2.48 bits per heavy atom. The topological polar surface area (TPSA) is 60.4 Å². The summed E-state index contributed by atoms with van der Waals surface area (Å²) in [4.78, 5) is 14.9. The summed E-state index contributed by atoms with van der Waals surface area (Å²) in [6.45, 7) is 1.99. The number of nitro benzene ring substituents is 1. The molecule has 2 heterocycles. The van der Waals surface area contributed by atoms with Crippen molar-refractivity contribution in [2.75, 3.05) is 0 Å². The largest absolute Gasteiger partial charge is 0.304 e. The first kappa shape index (κ1) is 14.2. The van der Waals surface area contributed by atoms with Crippen LogP contribution in [0.5, 0.6) is 0 Å². The molecule has 0 N–H and O–H groups in total. The minimum absolute atomic E-state index is 0.0716. The number of benzene rings is 1. The fourth-order valence-electron chi connectivity index (χ4n) is 2.04. The van der Waals surface area contributed by atoms with Gasteiger partial charge in [0.25, 0.3) is 5.69 Å². The van der Waals surface area contributed by atoms with Gasteiger partial charge in [0.1, 0.15) is 0 Å². The number of halogens is 2. The van der Waals surface area contributed by atoms with E-state index in [0.717, 1.165) is 31.4 Å². The minimum Gasteiger partial charge on any atom is -0.304 e. The van der Waals surface area contributed by atoms with Crippen molar-refractivity contribution in [3.8, 4) is 11.3 Å². The number of imidazole rings is 1. The molecule has 0 saturated heterocycles. The van der Waals surface area contributed by atoms with Gasteiger partial charge in [0.15, 0.2) is 5.65 Å². The summed E-state index contributed by atoms with van der Waals surface area (Å²) in [7, 11) is 0. The number of hydrogen-bond donors (Lipinski definition) is 0. The number of fused-ring (bicyclic) bond motifs is 1. The zero-order chi connectivity index (χ0) is 15.1. The monoisotopic (exact) mass is 409 g/mol. The van der Waals surface area contributed by atoms with E-state index in [-0.39, 0.29) is 5.69 Å². The fraction of sp³-hybridized carbons (Fsp3) is 0.0714. The van der Waals surface area contributed by atoms with Gasteiger partial charge in [-0.25, -0.2) is 4.98 Å². The molecule has 0 bridgehead atoms. The number of nitrogens with zero attached hydrogens (tertiary/aromatic N) is 3. The average molecular weight is 411 g/mol. The number of rotatable bonds is 2. The molecule has 1 aromatic carbocycles. The smallest absolute Gasteiger partial charge is 0.269 e. The van der Waals surface area contributed by atoms with E-state index in [1.807, 2.05) is 23.7 Å². The molecule has 0 unspecified atom stereocenters. The maximum atomic E-state index is 10.7. The van der Waals surface area contributed by atoms with Crippen LogP contribution in [0.15, 0.2) is 45.6 Å². The molecule has 0 radical (unpaired) electrons. The first-order valence-corrected chi connectivity index (χ1v) is 7.64. The molecule has 0 aliphatic carbocycles. The van der Waals surface area contributed by atoms with Crippen molar-refractivity contribution < 1.29 is 4.92 Å². The lowest BCUT2D eigenvalue weighted by molar-refractivity contribution is -0.384. The van der Waals surface area contributed by atoms with Crippen LogP contribution in [0.4, 0.5) is 5.69 Å². The van der Waals surface area contributed by atoms with Gasteiger partial charge in [-0.1, -0.05) is 0 Å². The van der Waals surface area contributed by atoms with Gasteiger partial charge in [-0.05, 0) is 56.5 Å². The third-order valence-electron chi connectivity index (χ3n) is 3.24. The summed E-state index contributed by atoms with van der Waals surface area (Å²) in [5, 5.41) is 10.7. The zero-order valence-electron chi connectivity index (χ0n) is 10.9. The second-order valence-electron chi connectivity index (χ2n) is 4.58. The van der Waals surface area contributed by atoms with E-state index in [0.29, 0.717) is 0 Å². The molecule has 2 aromatic heterocycles. The van der Waals surface area contributed by atoms with Crippen molar-refractivity contribution in [2.45, 2.75) is 6.92 Å². The first-order valence-electron chi connectivity index (χ1n) is 6.05. The molecule has 21 heavy (non-hydrogen) atoms. The molecule has 0 atom stereocenters. The quantitative estimate of drug-likeness (QED) is 0.452. The molecule has 3 aromatic rings. The van der Waals surface area contributed by atoms with Gasteiger partial charge < -0.3 is 4.40 Å². The van der Waals surface area contributed by atoms with Crippen LogP contribution in [-0.4, -0.2) is 14.3 Å². The van der Waals surface area contributed by atoms with Gasteiger partial charge in [0.05, 0.1) is 15.1 Å². The van der Waals surface area contributed by atoms with Crippen LogP contribution >= 0.6 is 31.9 Å². The highest BCUT2D eigenvalue weighted by Gasteiger charge is 2.12. The van der Waals surface area contributed by atoms with Crippen molar-refractivity contribution in [3.63, 3.8) is 0 Å². The third-order valence-corrected chi connectivity index (χ3v) is 4.99. The van der Waals surface area contributed by atoms with E-state index < -0.39 is 4.92 Å². The molecule has 0 saturated carbocycles. The van der Waals surface area contributed by atoms with Gasteiger partial charge in [-0.3, -0.25) is 10.1 Å². The highest BCUT2D eigenvalue weighted by molar-refractivity contribution is 9.11. The standard InChI is InChI=1S/C14H9Br2N3O2/c1-8-11(15)6-18-7-12(17-14(18)13(8)16)9-2-4-10(5-3-9)19(20)21/h2-7H,1H3. The Morgan fingerprint density at radius 2 is 1.86 bits per heavy atom. The number of aromatic nitrogens is 2. The first-order chi connectivity index (χ1) is 9.97. The molecule has 0 fully saturated rings. The summed E-state index contributed by atoms with van der Waals surface area (Å²) >= 11 is 7.05. The van der Waals surface area contributed by atoms with Crippen LogP contribution in [0.1, 0.15) is 5.56 Å². The Hall–Kier alpha value is -1.73.